The number of ether oxygens (including phenoxy) is 5. The highest BCUT2D eigenvalue weighted by atomic mass is 32.2. The minimum Gasteiger partial charge on any atom is -0.465 e. The summed E-state index contributed by atoms with van der Waals surface area (Å²) >= 11 is 1.13. The number of carbonyl (C=O) groups excluding carboxylic acids is 4. The second-order valence-electron chi connectivity index (χ2n) is 7.11. The van der Waals surface area contributed by atoms with E-state index in [1.165, 1.54) is 38.0 Å². The monoisotopic (exact) mass is 496 g/mol. The van der Waals surface area contributed by atoms with Gasteiger partial charge in [-0.05, 0) is 6.92 Å². The summed E-state index contributed by atoms with van der Waals surface area (Å²) in [6, 6.07) is 0. The van der Waals surface area contributed by atoms with E-state index >= 15 is 0 Å². The van der Waals surface area contributed by atoms with Crippen molar-refractivity contribution < 1.29 is 42.9 Å². The molecule has 0 N–H and O–H groups in total. The summed E-state index contributed by atoms with van der Waals surface area (Å²) in [5.74, 6) is -2.18. The summed E-state index contributed by atoms with van der Waals surface area (Å²) in [5, 5.41) is 0.437. The van der Waals surface area contributed by atoms with Crippen molar-refractivity contribution in [2.24, 2.45) is 0 Å². The first kappa shape index (κ1) is 25.4. The molecule has 1 fully saturated rings. The summed E-state index contributed by atoms with van der Waals surface area (Å²) in [6.45, 7) is 5.39. The van der Waals surface area contributed by atoms with Crippen molar-refractivity contribution in [2.45, 2.75) is 57.3 Å². The third-order valence-corrected chi connectivity index (χ3v) is 5.52. The van der Waals surface area contributed by atoms with Crippen LogP contribution in [0.4, 0.5) is 0 Å². The number of esters is 4. The van der Waals surface area contributed by atoms with Gasteiger partial charge < -0.3 is 23.7 Å². The van der Waals surface area contributed by atoms with Gasteiger partial charge >= 0.3 is 23.9 Å². The summed E-state index contributed by atoms with van der Waals surface area (Å²) in [7, 11) is 0. The Hall–Kier alpha value is -3.26. The van der Waals surface area contributed by atoms with Crippen molar-refractivity contribution in [2.75, 3.05) is 19.0 Å². The van der Waals surface area contributed by atoms with E-state index < -0.39 is 48.4 Å². The Morgan fingerprint density at radius 2 is 1.71 bits per heavy atom. The molecule has 13 nitrogen and oxygen atoms in total. The Bertz CT molecular complexity index is 1080. The van der Waals surface area contributed by atoms with E-state index in [0.29, 0.717) is 16.2 Å². The van der Waals surface area contributed by atoms with Gasteiger partial charge in [-0.1, -0.05) is 11.8 Å². The topological polar surface area (TPSA) is 158 Å². The van der Waals surface area contributed by atoms with Crippen LogP contribution >= 0.6 is 11.8 Å². The second kappa shape index (κ2) is 11.2. The van der Waals surface area contributed by atoms with Crippen molar-refractivity contribution in [1.82, 2.24) is 19.5 Å². The number of carbonyl (C=O) groups is 4. The molecule has 14 heteroatoms. The Morgan fingerprint density at radius 3 is 2.35 bits per heavy atom. The Morgan fingerprint density at radius 1 is 1.00 bits per heavy atom. The molecule has 0 aromatic carbocycles. The molecule has 0 bridgehead atoms. The van der Waals surface area contributed by atoms with Crippen LogP contribution < -0.4 is 0 Å². The van der Waals surface area contributed by atoms with Gasteiger partial charge in [-0.25, -0.2) is 15.0 Å². The third kappa shape index (κ3) is 5.99. The fourth-order valence-corrected chi connectivity index (χ4v) is 4.11. The zero-order chi connectivity index (χ0) is 24.8. The molecule has 1 saturated heterocycles. The molecular weight excluding hydrogens is 472 g/mol. The summed E-state index contributed by atoms with van der Waals surface area (Å²) < 4.78 is 28.3. The van der Waals surface area contributed by atoms with Crippen LogP contribution in [0, 0.1) is 0 Å². The molecular formula is C20H24N4O9S. The molecule has 34 heavy (non-hydrogen) atoms. The first-order valence-electron chi connectivity index (χ1n) is 10.3. The van der Waals surface area contributed by atoms with E-state index in [9.17, 15) is 19.2 Å². The average molecular weight is 496 g/mol. The normalized spacial score (nSPS) is 21.8. The van der Waals surface area contributed by atoms with Gasteiger partial charge in [0.15, 0.2) is 24.1 Å². The number of hydrogen-bond acceptors (Lipinski definition) is 13. The van der Waals surface area contributed by atoms with Gasteiger partial charge in [-0.3, -0.25) is 23.7 Å². The predicted molar refractivity (Wildman–Crippen MR) is 114 cm³/mol. The lowest BCUT2D eigenvalue weighted by Gasteiger charge is -2.23. The van der Waals surface area contributed by atoms with Crippen LogP contribution in [-0.2, 0) is 42.9 Å². The van der Waals surface area contributed by atoms with Crippen molar-refractivity contribution in [3.05, 3.63) is 12.7 Å². The van der Waals surface area contributed by atoms with Crippen LogP contribution in [0.5, 0.6) is 0 Å². The van der Waals surface area contributed by atoms with Crippen molar-refractivity contribution in [1.29, 1.82) is 0 Å². The number of hydrogen-bond donors (Lipinski definition) is 0. The number of fused-ring (bicyclic) bond motifs is 1. The smallest absolute Gasteiger partial charge is 0.316 e. The maximum atomic E-state index is 11.8. The largest absolute Gasteiger partial charge is 0.465 e. The van der Waals surface area contributed by atoms with Crippen molar-refractivity contribution in [3.8, 4) is 0 Å². The van der Waals surface area contributed by atoms with E-state index in [-0.39, 0.29) is 19.0 Å². The SMILES string of the molecule is CCOC(=O)CSc1ncnc2c1ncn2[C@@H]1O[C@H](COC(C)=O)[C@@H](OC(C)=O)[C@H]1OC(C)=O. The Kier molecular flexibility index (Phi) is 8.39. The van der Waals surface area contributed by atoms with Crippen LogP contribution in [0.3, 0.4) is 0 Å². The molecule has 2 aromatic rings. The number of thioether (sulfide) groups is 1. The first-order valence-corrected chi connectivity index (χ1v) is 11.3. The molecule has 2 aromatic heterocycles. The highest BCUT2D eigenvalue weighted by molar-refractivity contribution is 8.00. The minimum absolute atomic E-state index is 0.0296. The van der Waals surface area contributed by atoms with E-state index in [0.717, 1.165) is 11.8 Å². The fraction of sp³-hybridized carbons (Fsp3) is 0.550. The molecule has 1 aliphatic rings. The summed E-state index contributed by atoms with van der Waals surface area (Å²) in [4.78, 5) is 59.4. The van der Waals surface area contributed by atoms with Gasteiger partial charge in [0, 0.05) is 20.8 Å². The molecule has 1 aliphatic heterocycles. The number of nitrogens with zero attached hydrogens (tertiary/aromatic N) is 4. The Labute approximate surface area is 198 Å². The van der Waals surface area contributed by atoms with E-state index in [1.807, 2.05) is 0 Å². The summed E-state index contributed by atoms with van der Waals surface area (Å²) in [6.07, 6.45) is -1.35. The quantitative estimate of drug-likeness (QED) is 0.208. The maximum Gasteiger partial charge on any atom is 0.316 e. The number of imidazole rings is 1. The van der Waals surface area contributed by atoms with Gasteiger partial charge in [0.25, 0.3) is 0 Å². The predicted octanol–water partition coefficient (Wildman–Crippen LogP) is 0.805. The molecule has 3 heterocycles. The molecule has 4 atom stereocenters. The van der Waals surface area contributed by atoms with E-state index in [2.05, 4.69) is 15.0 Å². The zero-order valence-electron chi connectivity index (χ0n) is 19.0. The van der Waals surface area contributed by atoms with Gasteiger partial charge in [0.05, 0.1) is 18.7 Å². The van der Waals surface area contributed by atoms with Gasteiger partial charge in [0.1, 0.15) is 29.6 Å². The lowest BCUT2D eigenvalue weighted by atomic mass is 10.1. The zero-order valence-corrected chi connectivity index (χ0v) is 19.8. The standard InChI is InChI=1S/C20H24N4O9S/c1-5-29-14(28)7-34-19-15-18(21-8-22-19)24(9-23-15)20-17(32-12(4)27)16(31-11(3)26)13(33-20)6-30-10(2)25/h8-9,13,16-17,20H,5-7H2,1-4H3/t13-,16-,17-,20-/m1/s1. The molecule has 0 unspecified atom stereocenters. The highest BCUT2D eigenvalue weighted by Crippen LogP contribution is 2.36. The number of rotatable bonds is 9. The lowest BCUT2D eigenvalue weighted by Crippen LogP contribution is -2.40. The maximum absolute atomic E-state index is 11.8. The van der Waals surface area contributed by atoms with Gasteiger partial charge in [0.2, 0.25) is 0 Å². The molecule has 184 valence electrons. The van der Waals surface area contributed by atoms with E-state index in [1.54, 1.807) is 6.92 Å². The summed E-state index contributed by atoms with van der Waals surface area (Å²) in [5.41, 5.74) is 0.715. The van der Waals surface area contributed by atoms with Crippen LogP contribution in [0.1, 0.15) is 33.9 Å². The van der Waals surface area contributed by atoms with Crippen molar-refractivity contribution >= 4 is 46.8 Å². The van der Waals surface area contributed by atoms with Crippen LogP contribution in [0.15, 0.2) is 17.7 Å². The highest BCUT2D eigenvalue weighted by Gasteiger charge is 2.51. The van der Waals surface area contributed by atoms with Crippen LogP contribution in [-0.4, -0.2) is 80.7 Å². The molecule has 3 rings (SSSR count). The third-order valence-electron chi connectivity index (χ3n) is 4.57. The molecule has 0 amide bonds. The van der Waals surface area contributed by atoms with E-state index in [4.69, 9.17) is 23.7 Å². The lowest BCUT2D eigenvalue weighted by molar-refractivity contribution is -0.166. The minimum atomic E-state index is -1.08. The molecule has 0 spiro atoms. The van der Waals surface area contributed by atoms with Crippen molar-refractivity contribution in [3.63, 3.8) is 0 Å². The average Bonchev–Trinajstić information content (AvgIpc) is 3.32. The molecule has 0 saturated carbocycles. The first-order chi connectivity index (χ1) is 16.2. The molecule has 0 aliphatic carbocycles. The second-order valence-corrected chi connectivity index (χ2v) is 8.08. The van der Waals surface area contributed by atoms with Crippen LogP contribution in [0.25, 0.3) is 11.2 Å². The van der Waals surface area contributed by atoms with Gasteiger partial charge in [-0.15, -0.1) is 0 Å². The van der Waals surface area contributed by atoms with Crippen LogP contribution in [0.2, 0.25) is 0 Å². The fourth-order valence-electron chi connectivity index (χ4n) is 3.37. The number of aromatic nitrogens is 4. The molecule has 0 radical (unpaired) electrons. The van der Waals surface area contributed by atoms with Gasteiger partial charge in [-0.2, -0.15) is 0 Å². The Balaban J connectivity index is 1.95.